The minimum Gasteiger partial charge on any atom is -0.485 e. The predicted molar refractivity (Wildman–Crippen MR) is 75.8 cm³/mol. The molecule has 0 saturated heterocycles. The molecule has 1 aliphatic rings. The quantitative estimate of drug-likeness (QED) is 0.827. The summed E-state index contributed by atoms with van der Waals surface area (Å²) in [5.41, 5.74) is 1.22. The van der Waals surface area contributed by atoms with E-state index in [1.54, 1.807) is 18.2 Å². The van der Waals surface area contributed by atoms with E-state index in [2.05, 4.69) is 0 Å². The molecule has 0 spiro atoms. The maximum absolute atomic E-state index is 13.2. The largest absolute Gasteiger partial charge is 0.485 e. The lowest BCUT2D eigenvalue weighted by Gasteiger charge is -2.30. The van der Waals surface area contributed by atoms with Gasteiger partial charge < -0.3 is 9.84 Å². The van der Waals surface area contributed by atoms with Crippen molar-refractivity contribution in [1.82, 2.24) is 0 Å². The van der Waals surface area contributed by atoms with Crippen LogP contribution in [0.2, 0.25) is 10.0 Å². The van der Waals surface area contributed by atoms with E-state index < -0.39 is 11.9 Å². The van der Waals surface area contributed by atoms with Gasteiger partial charge in [0.1, 0.15) is 17.7 Å². The number of aliphatic hydroxyl groups excluding tert-OH is 1. The molecule has 20 heavy (non-hydrogen) atoms. The number of aliphatic hydroxyl groups is 1. The number of halogens is 3. The van der Waals surface area contributed by atoms with Crippen molar-refractivity contribution >= 4 is 23.2 Å². The van der Waals surface area contributed by atoms with Gasteiger partial charge in [0, 0.05) is 27.6 Å². The van der Waals surface area contributed by atoms with Crippen LogP contribution in [0.3, 0.4) is 0 Å². The molecule has 1 unspecified atom stereocenters. The van der Waals surface area contributed by atoms with Crippen LogP contribution in [0.15, 0.2) is 36.4 Å². The molecule has 1 N–H and O–H groups in total. The van der Waals surface area contributed by atoms with Crippen LogP contribution in [-0.4, -0.2) is 5.11 Å². The van der Waals surface area contributed by atoms with Gasteiger partial charge in [-0.05, 0) is 30.3 Å². The summed E-state index contributed by atoms with van der Waals surface area (Å²) in [4.78, 5) is 0. The van der Waals surface area contributed by atoms with E-state index >= 15 is 0 Å². The summed E-state index contributed by atoms with van der Waals surface area (Å²) in [7, 11) is 0. The average Bonchev–Trinajstić information content (AvgIpc) is 2.39. The summed E-state index contributed by atoms with van der Waals surface area (Å²) in [5, 5.41) is 11.2. The van der Waals surface area contributed by atoms with Crippen molar-refractivity contribution in [2.75, 3.05) is 0 Å². The zero-order chi connectivity index (χ0) is 14.3. The molecule has 5 heteroatoms. The highest BCUT2D eigenvalue weighted by Gasteiger charge is 2.29. The fourth-order valence-corrected chi connectivity index (χ4v) is 2.90. The molecule has 0 saturated carbocycles. The molecule has 2 atom stereocenters. The maximum Gasteiger partial charge on any atom is 0.128 e. The van der Waals surface area contributed by atoms with Gasteiger partial charge in [-0.15, -0.1) is 0 Å². The Balaban J connectivity index is 1.97. The van der Waals surface area contributed by atoms with Crippen molar-refractivity contribution in [3.63, 3.8) is 0 Å². The second-order valence-electron chi connectivity index (χ2n) is 4.71. The van der Waals surface area contributed by atoms with Crippen molar-refractivity contribution in [3.05, 3.63) is 63.4 Å². The lowest BCUT2D eigenvalue weighted by atomic mass is 9.95. The smallest absolute Gasteiger partial charge is 0.128 e. The normalized spacial score (nSPS) is 21.2. The third-order valence-corrected chi connectivity index (χ3v) is 3.91. The molecule has 0 aliphatic carbocycles. The number of hydrogen-bond acceptors (Lipinski definition) is 2. The molecule has 2 nitrogen and oxygen atoms in total. The minimum absolute atomic E-state index is 0.317. The molecule has 0 bridgehead atoms. The Hall–Kier alpha value is -1.29. The lowest BCUT2D eigenvalue weighted by molar-refractivity contribution is 0.0654. The summed E-state index contributed by atoms with van der Waals surface area (Å²) >= 11 is 12.0. The van der Waals surface area contributed by atoms with Gasteiger partial charge in [-0.2, -0.15) is 0 Å². The van der Waals surface area contributed by atoms with E-state index in [9.17, 15) is 9.50 Å². The summed E-state index contributed by atoms with van der Waals surface area (Å²) < 4.78 is 19.0. The van der Waals surface area contributed by atoms with Gasteiger partial charge in [0.2, 0.25) is 0 Å². The zero-order valence-corrected chi connectivity index (χ0v) is 11.8. The van der Waals surface area contributed by atoms with E-state index in [4.69, 9.17) is 27.9 Å². The molecule has 0 aromatic heterocycles. The number of fused-ring (bicyclic) bond motifs is 1. The van der Waals surface area contributed by atoms with E-state index in [-0.39, 0.29) is 6.10 Å². The van der Waals surface area contributed by atoms with Gasteiger partial charge in [0.15, 0.2) is 0 Å². The number of rotatable bonds is 1. The van der Waals surface area contributed by atoms with Crippen LogP contribution < -0.4 is 4.74 Å². The molecule has 104 valence electrons. The fourth-order valence-electron chi connectivity index (χ4n) is 2.37. The third kappa shape index (κ3) is 2.49. The van der Waals surface area contributed by atoms with Crippen molar-refractivity contribution in [2.45, 2.75) is 18.6 Å². The summed E-state index contributed by atoms with van der Waals surface area (Å²) in [6.07, 6.45) is -0.850. The van der Waals surface area contributed by atoms with Gasteiger partial charge >= 0.3 is 0 Å². The predicted octanol–water partition coefficient (Wildman–Crippen LogP) is 4.69. The van der Waals surface area contributed by atoms with Crippen LogP contribution in [-0.2, 0) is 0 Å². The minimum atomic E-state index is -0.786. The van der Waals surface area contributed by atoms with Crippen LogP contribution in [0.1, 0.15) is 29.8 Å². The van der Waals surface area contributed by atoms with Crippen molar-refractivity contribution in [2.24, 2.45) is 0 Å². The zero-order valence-electron chi connectivity index (χ0n) is 10.3. The van der Waals surface area contributed by atoms with Crippen LogP contribution in [0.5, 0.6) is 5.75 Å². The first-order valence-electron chi connectivity index (χ1n) is 6.13. The molecular formula is C15H11Cl2FO2. The fraction of sp³-hybridized carbons (Fsp3) is 0.200. The Labute approximate surface area is 125 Å². The Bertz CT molecular complexity index is 660. The van der Waals surface area contributed by atoms with E-state index in [1.165, 1.54) is 18.2 Å². The Morgan fingerprint density at radius 2 is 1.90 bits per heavy atom. The molecule has 0 radical (unpaired) electrons. The van der Waals surface area contributed by atoms with Crippen molar-refractivity contribution in [3.8, 4) is 5.75 Å². The third-order valence-electron chi connectivity index (χ3n) is 3.35. The highest BCUT2D eigenvalue weighted by atomic mass is 35.5. The average molecular weight is 313 g/mol. The number of benzene rings is 2. The highest BCUT2D eigenvalue weighted by molar-refractivity contribution is 6.35. The van der Waals surface area contributed by atoms with E-state index in [0.29, 0.717) is 27.8 Å². The highest BCUT2D eigenvalue weighted by Crippen LogP contribution is 2.42. The van der Waals surface area contributed by atoms with Crippen LogP contribution >= 0.6 is 23.2 Å². The molecule has 2 aromatic rings. The number of hydrogen-bond donors (Lipinski definition) is 1. The van der Waals surface area contributed by atoms with Gasteiger partial charge in [0.25, 0.3) is 0 Å². The Kier molecular flexibility index (Phi) is 3.59. The maximum atomic E-state index is 13.2. The molecule has 1 heterocycles. The molecular weight excluding hydrogens is 302 g/mol. The molecule has 1 aliphatic heterocycles. The van der Waals surface area contributed by atoms with Gasteiger partial charge in [0.05, 0.1) is 6.10 Å². The molecule has 0 fully saturated rings. The SMILES string of the molecule is O[C@H]1CC(c2ccc(Cl)cc2Cl)Oc2ccc(F)cc21. The first-order valence-corrected chi connectivity index (χ1v) is 6.89. The first kappa shape index (κ1) is 13.7. The summed E-state index contributed by atoms with van der Waals surface area (Å²) in [5.74, 6) is 0.0792. The van der Waals surface area contributed by atoms with Gasteiger partial charge in [-0.3, -0.25) is 0 Å². The topological polar surface area (TPSA) is 29.5 Å². The summed E-state index contributed by atoms with van der Waals surface area (Å²) in [6.45, 7) is 0. The number of ether oxygens (including phenoxy) is 1. The Morgan fingerprint density at radius 3 is 2.65 bits per heavy atom. The van der Waals surface area contributed by atoms with E-state index in [1.807, 2.05) is 0 Å². The Morgan fingerprint density at radius 1 is 1.10 bits per heavy atom. The first-order chi connectivity index (χ1) is 9.54. The van der Waals surface area contributed by atoms with Crippen molar-refractivity contribution < 1.29 is 14.2 Å². The molecule has 2 aromatic carbocycles. The summed E-state index contributed by atoms with van der Waals surface area (Å²) in [6, 6.07) is 9.24. The van der Waals surface area contributed by atoms with Gasteiger partial charge in [-0.1, -0.05) is 29.3 Å². The van der Waals surface area contributed by atoms with Crippen LogP contribution in [0.25, 0.3) is 0 Å². The van der Waals surface area contributed by atoms with Crippen molar-refractivity contribution in [1.29, 1.82) is 0 Å². The second-order valence-corrected chi connectivity index (χ2v) is 5.55. The standard InChI is InChI=1S/C15H11Cl2FO2/c16-8-1-3-10(12(17)5-8)15-7-13(19)11-6-9(18)2-4-14(11)20-15/h1-6,13,15,19H,7H2/t13-,15?/m0/s1. The molecule has 0 amide bonds. The molecule has 3 rings (SSSR count). The van der Waals surface area contributed by atoms with Crippen LogP contribution in [0.4, 0.5) is 4.39 Å². The van der Waals surface area contributed by atoms with Crippen LogP contribution in [0, 0.1) is 5.82 Å². The lowest BCUT2D eigenvalue weighted by Crippen LogP contribution is -2.19. The monoisotopic (exact) mass is 312 g/mol. The van der Waals surface area contributed by atoms with E-state index in [0.717, 1.165) is 5.56 Å². The van der Waals surface area contributed by atoms with Gasteiger partial charge in [-0.25, -0.2) is 4.39 Å². The second kappa shape index (κ2) is 5.24.